The maximum Gasteiger partial charge on any atom is 0.271 e. The van der Waals surface area contributed by atoms with Crippen LogP contribution >= 0.6 is 0 Å². The number of ether oxygens (including phenoxy) is 1. The molecule has 3 atom stereocenters. The smallest absolute Gasteiger partial charge is 0.271 e. The quantitative estimate of drug-likeness (QED) is 0.370. The zero-order chi connectivity index (χ0) is 29.3. The van der Waals surface area contributed by atoms with Crippen LogP contribution in [0.5, 0.6) is 0 Å². The zero-order valence-corrected chi connectivity index (χ0v) is 23.9. The Labute approximate surface area is 239 Å². The highest BCUT2D eigenvalue weighted by Gasteiger charge is 2.34. The van der Waals surface area contributed by atoms with Gasteiger partial charge < -0.3 is 24.2 Å². The van der Waals surface area contributed by atoms with Crippen LogP contribution in [0, 0.1) is 11.7 Å². The Kier molecular flexibility index (Phi) is 8.24. The van der Waals surface area contributed by atoms with Gasteiger partial charge in [-0.25, -0.2) is 4.39 Å². The SMILES string of the molecule is C[C@@H]1CN([C@H](C)CO)C(=O)c2c(c3ccccc3n2C)-c2ccccc2CO[C@@H]1CN(C)C(=O)c1ccc(F)cc1. The summed E-state index contributed by atoms with van der Waals surface area (Å²) in [5.41, 5.74) is 4.59. The van der Waals surface area contributed by atoms with Crippen LogP contribution in [0.2, 0.25) is 0 Å². The van der Waals surface area contributed by atoms with Crippen molar-refractivity contribution < 1.29 is 23.8 Å². The summed E-state index contributed by atoms with van der Waals surface area (Å²) in [6.45, 7) is 4.52. The molecule has 0 unspecified atom stereocenters. The van der Waals surface area contributed by atoms with Crippen molar-refractivity contribution in [3.05, 3.63) is 95.4 Å². The molecular formula is C33H36FN3O4. The number of halogens is 1. The lowest BCUT2D eigenvalue weighted by molar-refractivity contribution is -0.0210. The Hall–Kier alpha value is -4.01. The molecular weight excluding hydrogens is 521 g/mol. The van der Waals surface area contributed by atoms with Gasteiger partial charge in [-0.2, -0.15) is 0 Å². The van der Waals surface area contributed by atoms with Gasteiger partial charge in [0.15, 0.2) is 0 Å². The molecule has 41 heavy (non-hydrogen) atoms. The van der Waals surface area contributed by atoms with E-state index in [1.807, 2.05) is 74.0 Å². The van der Waals surface area contributed by atoms with Crippen LogP contribution in [0.25, 0.3) is 22.0 Å². The summed E-state index contributed by atoms with van der Waals surface area (Å²) >= 11 is 0. The Bertz CT molecular complexity index is 1560. The van der Waals surface area contributed by atoms with Crippen LogP contribution in [-0.2, 0) is 18.4 Å². The van der Waals surface area contributed by atoms with Crippen molar-refractivity contribution in [2.45, 2.75) is 32.6 Å². The molecule has 4 aromatic rings. The molecule has 0 radical (unpaired) electrons. The van der Waals surface area contributed by atoms with E-state index < -0.39 is 18.0 Å². The number of amides is 2. The molecule has 1 aromatic heterocycles. The highest BCUT2D eigenvalue weighted by atomic mass is 19.1. The fourth-order valence-electron chi connectivity index (χ4n) is 5.69. The second-order valence-electron chi connectivity index (χ2n) is 11.0. The van der Waals surface area contributed by atoms with Crippen molar-refractivity contribution in [1.29, 1.82) is 0 Å². The topological polar surface area (TPSA) is 75.0 Å². The van der Waals surface area contributed by atoms with E-state index in [0.29, 0.717) is 17.8 Å². The standard InChI is InChI=1S/C33H36FN3O4/c1-21-17-37(22(2)19-38)33(40)31-30(27-11-7-8-12-28(27)36(31)4)26-10-6-5-9-24(26)20-41-29(21)18-35(3)32(39)23-13-15-25(34)16-14-23/h5-16,21-22,29,38H,17-20H2,1-4H3/t21-,22-,29-/m1/s1. The van der Waals surface area contributed by atoms with E-state index in [0.717, 1.165) is 27.6 Å². The number of aliphatic hydroxyl groups is 1. The number of likely N-dealkylation sites (N-methyl/N-ethyl adjacent to an activating group) is 1. The van der Waals surface area contributed by atoms with Crippen molar-refractivity contribution >= 4 is 22.7 Å². The Morgan fingerprint density at radius 2 is 1.78 bits per heavy atom. The van der Waals surface area contributed by atoms with Crippen LogP contribution in [0.4, 0.5) is 4.39 Å². The number of carbonyl (C=O) groups excluding carboxylic acids is 2. The van der Waals surface area contributed by atoms with Gasteiger partial charge in [0.05, 0.1) is 25.4 Å². The van der Waals surface area contributed by atoms with Crippen LogP contribution < -0.4 is 0 Å². The fourth-order valence-corrected chi connectivity index (χ4v) is 5.69. The molecule has 3 aromatic carbocycles. The number of rotatable bonds is 5. The first-order valence-electron chi connectivity index (χ1n) is 13.9. The summed E-state index contributed by atoms with van der Waals surface area (Å²) in [5.74, 6) is -0.996. The van der Waals surface area contributed by atoms with Gasteiger partial charge in [-0.05, 0) is 48.4 Å². The minimum Gasteiger partial charge on any atom is -0.394 e. The summed E-state index contributed by atoms with van der Waals surface area (Å²) in [6, 6.07) is 20.9. The summed E-state index contributed by atoms with van der Waals surface area (Å²) in [4.78, 5) is 30.9. The van der Waals surface area contributed by atoms with Gasteiger partial charge in [-0.1, -0.05) is 49.4 Å². The third-order valence-corrected chi connectivity index (χ3v) is 8.12. The number of hydrogen-bond donors (Lipinski definition) is 1. The van der Waals surface area contributed by atoms with E-state index in [-0.39, 0.29) is 37.5 Å². The number of aryl methyl sites for hydroxylation is 1. The molecule has 0 saturated carbocycles. The van der Waals surface area contributed by atoms with Crippen LogP contribution in [0.3, 0.4) is 0 Å². The second-order valence-corrected chi connectivity index (χ2v) is 11.0. The minimum atomic E-state index is -0.439. The van der Waals surface area contributed by atoms with Crippen LogP contribution in [0.15, 0.2) is 72.8 Å². The molecule has 0 aliphatic carbocycles. The summed E-state index contributed by atoms with van der Waals surface area (Å²) in [5, 5.41) is 11.1. The maximum atomic E-state index is 14.4. The third-order valence-electron chi connectivity index (χ3n) is 8.12. The van der Waals surface area contributed by atoms with Gasteiger partial charge in [0.1, 0.15) is 11.5 Å². The van der Waals surface area contributed by atoms with Crippen molar-refractivity contribution in [2.24, 2.45) is 13.0 Å². The highest BCUT2D eigenvalue weighted by molar-refractivity contribution is 6.10. The number of hydrogen-bond acceptors (Lipinski definition) is 4. The summed E-state index contributed by atoms with van der Waals surface area (Å²) in [7, 11) is 3.60. The van der Waals surface area contributed by atoms with Gasteiger partial charge in [0.25, 0.3) is 11.8 Å². The number of carbonyl (C=O) groups is 2. The molecule has 2 heterocycles. The predicted octanol–water partition coefficient (Wildman–Crippen LogP) is 5.11. The largest absolute Gasteiger partial charge is 0.394 e. The summed E-state index contributed by atoms with van der Waals surface area (Å²) < 4.78 is 21.9. The first-order chi connectivity index (χ1) is 19.7. The molecule has 8 heteroatoms. The van der Waals surface area contributed by atoms with Gasteiger partial charge in [-0.3, -0.25) is 9.59 Å². The summed E-state index contributed by atoms with van der Waals surface area (Å²) in [6.07, 6.45) is -0.420. The Morgan fingerprint density at radius 3 is 2.51 bits per heavy atom. The first kappa shape index (κ1) is 28.5. The molecule has 0 spiro atoms. The molecule has 0 saturated heterocycles. The first-order valence-corrected chi connectivity index (χ1v) is 13.9. The molecule has 5 rings (SSSR count). The number of para-hydroxylation sites is 1. The van der Waals surface area contributed by atoms with E-state index in [1.165, 1.54) is 24.3 Å². The van der Waals surface area contributed by atoms with Gasteiger partial charge in [-0.15, -0.1) is 0 Å². The van der Waals surface area contributed by atoms with Gasteiger partial charge >= 0.3 is 0 Å². The number of benzene rings is 3. The molecule has 0 bridgehead atoms. The minimum absolute atomic E-state index is 0.168. The maximum absolute atomic E-state index is 14.4. The van der Waals surface area contributed by atoms with Crippen molar-refractivity contribution in [3.8, 4) is 11.1 Å². The molecule has 1 aliphatic rings. The van der Waals surface area contributed by atoms with Gasteiger partial charge in [0.2, 0.25) is 0 Å². The van der Waals surface area contributed by atoms with Gasteiger partial charge in [0, 0.05) is 55.1 Å². The highest BCUT2D eigenvalue weighted by Crippen LogP contribution is 2.38. The molecule has 2 amide bonds. The monoisotopic (exact) mass is 557 g/mol. The average Bonchev–Trinajstić information content (AvgIpc) is 3.28. The van der Waals surface area contributed by atoms with Crippen molar-refractivity contribution in [3.63, 3.8) is 0 Å². The van der Waals surface area contributed by atoms with E-state index in [9.17, 15) is 19.1 Å². The lowest BCUT2D eigenvalue weighted by Gasteiger charge is -2.35. The molecule has 0 fully saturated rings. The van der Waals surface area contributed by atoms with Crippen LogP contribution in [-0.4, -0.2) is 70.2 Å². The number of aliphatic hydroxyl groups excluding tert-OH is 1. The van der Waals surface area contributed by atoms with E-state index in [1.54, 1.807) is 16.8 Å². The van der Waals surface area contributed by atoms with Crippen LogP contribution in [0.1, 0.15) is 40.3 Å². The predicted molar refractivity (Wildman–Crippen MR) is 157 cm³/mol. The normalized spacial score (nSPS) is 18.4. The van der Waals surface area contributed by atoms with Crippen molar-refractivity contribution in [1.82, 2.24) is 14.4 Å². The molecule has 1 aliphatic heterocycles. The fraction of sp³-hybridized carbons (Fsp3) is 0.333. The van der Waals surface area contributed by atoms with Crippen molar-refractivity contribution in [2.75, 3.05) is 26.7 Å². The molecule has 1 N–H and O–H groups in total. The zero-order valence-electron chi connectivity index (χ0n) is 23.9. The van der Waals surface area contributed by atoms with E-state index in [4.69, 9.17) is 4.74 Å². The number of aromatic nitrogens is 1. The van der Waals surface area contributed by atoms with E-state index in [2.05, 4.69) is 0 Å². The Morgan fingerprint density at radius 1 is 1.10 bits per heavy atom. The number of fused-ring (bicyclic) bond motifs is 5. The molecule has 214 valence electrons. The Balaban J connectivity index is 1.58. The number of nitrogens with zero attached hydrogens (tertiary/aromatic N) is 3. The second kappa shape index (κ2) is 11.8. The van der Waals surface area contributed by atoms with E-state index >= 15 is 0 Å². The average molecular weight is 558 g/mol. The third kappa shape index (κ3) is 5.49. The lowest BCUT2D eigenvalue weighted by atomic mass is 9.96. The lowest BCUT2D eigenvalue weighted by Crippen LogP contribution is -2.48. The molecule has 7 nitrogen and oxygen atoms in total.